The highest BCUT2D eigenvalue weighted by atomic mass is 32.2. The van der Waals surface area contributed by atoms with Crippen LogP contribution in [0.5, 0.6) is 0 Å². The van der Waals surface area contributed by atoms with Crippen molar-refractivity contribution in [1.82, 2.24) is 14.1 Å². The van der Waals surface area contributed by atoms with Crippen molar-refractivity contribution in [2.75, 3.05) is 11.1 Å². The fourth-order valence-electron chi connectivity index (χ4n) is 3.27. The van der Waals surface area contributed by atoms with E-state index in [2.05, 4.69) is 22.6 Å². The summed E-state index contributed by atoms with van der Waals surface area (Å²) >= 11 is 0. The van der Waals surface area contributed by atoms with Crippen LogP contribution in [-0.2, 0) is 10.0 Å². The van der Waals surface area contributed by atoms with Crippen LogP contribution in [-0.4, -0.2) is 29.0 Å². The van der Waals surface area contributed by atoms with Gasteiger partial charge in [-0.05, 0) is 55.5 Å². The quantitative estimate of drug-likeness (QED) is 0.454. The van der Waals surface area contributed by atoms with Gasteiger partial charge in [0.05, 0.1) is 17.4 Å². The summed E-state index contributed by atoms with van der Waals surface area (Å²) in [6.07, 6.45) is 4.89. The number of nitrogens with two attached hydrogens (primary N) is 1. The number of amides is 1. The third-order valence-corrected chi connectivity index (χ3v) is 6.28. The molecule has 1 aliphatic rings. The van der Waals surface area contributed by atoms with E-state index in [1.54, 1.807) is 0 Å². The van der Waals surface area contributed by atoms with Crippen LogP contribution in [0.25, 0.3) is 5.65 Å². The predicted octanol–water partition coefficient (Wildman–Crippen LogP) is 2.92. The molecule has 3 aromatic rings. The van der Waals surface area contributed by atoms with E-state index in [9.17, 15) is 13.2 Å². The Morgan fingerprint density at radius 3 is 2.69 bits per heavy atom. The first-order valence-corrected chi connectivity index (χ1v) is 10.6. The molecule has 1 saturated carbocycles. The number of anilines is 2. The molecule has 5 N–H and O–H groups in total. The monoisotopic (exact) mass is 415 g/mol. The van der Waals surface area contributed by atoms with Crippen molar-refractivity contribution in [2.45, 2.75) is 36.6 Å². The Kier molecular flexibility index (Phi) is 4.58. The predicted molar refractivity (Wildman–Crippen MR) is 108 cm³/mol. The first kappa shape index (κ1) is 19.1. The maximum atomic E-state index is 12.0. The van der Waals surface area contributed by atoms with Gasteiger partial charge in [0.15, 0.2) is 0 Å². The van der Waals surface area contributed by atoms with Crippen LogP contribution < -0.4 is 15.8 Å². The number of imidazole rings is 1. The van der Waals surface area contributed by atoms with Crippen molar-refractivity contribution >= 4 is 33.1 Å². The summed E-state index contributed by atoms with van der Waals surface area (Å²) in [5.41, 5.74) is 9.39. The maximum Gasteiger partial charge on any atom is 0.418 e. The van der Waals surface area contributed by atoms with Crippen LogP contribution in [0.3, 0.4) is 0 Å². The number of fused-ring (bicyclic) bond motifs is 1. The number of carboxylic acid groups (broad SMARTS) is 1. The minimum atomic E-state index is -4.23. The molecule has 1 amide bonds. The lowest BCUT2D eigenvalue weighted by Gasteiger charge is -2.15. The summed E-state index contributed by atoms with van der Waals surface area (Å²) < 4.78 is 27.5. The molecule has 2 aromatic heterocycles. The van der Waals surface area contributed by atoms with Gasteiger partial charge in [0.2, 0.25) is 0 Å². The molecule has 1 unspecified atom stereocenters. The average molecular weight is 415 g/mol. The number of benzene rings is 1. The average Bonchev–Trinajstić information content (AvgIpc) is 3.38. The Hall–Kier alpha value is -3.27. The lowest BCUT2D eigenvalue weighted by Crippen LogP contribution is -2.29. The SMILES string of the molecule is CC(Nc1ccc(S(=O)(=O)NC(=O)O)c(N)c1)c1cn2cc(C3CC3)ccc2n1. The molecule has 9 nitrogen and oxygen atoms in total. The van der Waals surface area contributed by atoms with E-state index in [-0.39, 0.29) is 16.6 Å². The summed E-state index contributed by atoms with van der Waals surface area (Å²) in [5.74, 6) is 0.661. The molecular weight excluding hydrogens is 394 g/mol. The van der Waals surface area contributed by atoms with Gasteiger partial charge in [0, 0.05) is 18.1 Å². The normalized spacial score (nSPS) is 15.2. The topological polar surface area (TPSA) is 139 Å². The van der Waals surface area contributed by atoms with E-state index in [4.69, 9.17) is 10.8 Å². The highest BCUT2D eigenvalue weighted by molar-refractivity contribution is 7.90. The van der Waals surface area contributed by atoms with Gasteiger partial charge in [-0.15, -0.1) is 0 Å². The number of hydrogen-bond donors (Lipinski definition) is 4. The lowest BCUT2D eigenvalue weighted by atomic mass is 10.2. The van der Waals surface area contributed by atoms with Gasteiger partial charge in [-0.1, -0.05) is 6.07 Å². The molecule has 0 aliphatic heterocycles. The lowest BCUT2D eigenvalue weighted by molar-refractivity contribution is 0.201. The van der Waals surface area contributed by atoms with Gasteiger partial charge < -0.3 is 20.6 Å². The van der Waals surface area contributed by atoms with Crippen molar-refractivity contribution in [3.8, 4) is 0 Å². The van der Waals surface area contributed by atoms with Gasteiger partial charge in [0.25, 0.3) is 10.0 Å². The summed E-state index contributed by atoms with van der Waals surface area (Å²) in [7, 11) is -4.23. The first-order valence-electron chi connectivity index (χ1n) is 9.13. The summed E-state index contributed by atoms with van der Waals surface area (Å²) in [6.45, 7) is 1.94. The zero-order chi connectivity index (χ0) is 20.8. The van der Waals surface area contributed by atoms with E-state index in [0.717, 1.165) is 11.3 Å². The number of nitrogen functional groups attached to an aromatic ring is 1. The fourth-order valence-corrected chi connectivity index (χ4v) is 4.23. The van der Waals surface area contributed by atoms with Crippen molar-refractivity contribution in [3.63, 3.8) is 0 Å². The number of nitrogens with zero attached hydrogens (tertiary/aromatic N) is 2. The van der Waals surface area contributed by atoms with Crippen molar-refractivity contribution in [3.05, 3.63) is 54.0 Å². The molecule has 1 atom stereocenters. The molecule has 1 fully saturated rings. The summed E-state index contributed by atoms with van der Waals surface area (Å²) in [5, 5.41) is 11.9. The molecule has 0 radical (unpaired) electrons. The van der Waals surface area contributed by atoms with E-state index in [1.165, 1.54) is 41.3 Å². The molecule has 0 saturated heterocycles. The minimum Gasteiger partial charge on any atom is -0.464 e. The van der Waals surface area contributed by atoms with Crippen LogP contribution >= 0.6 is 0 Å². The van der Waals surface area contributed by atoms with Gasteiger partial charge >= 0.3 is 6.09 Å². The molecule has 2 heterocycles. The van der Waals surface area contributed by atoms with E-state index in [0.29, 0.717) is 11.6 Å². The largest absolute Gasteiger partial charge is 0.464 e. The molecule has 0 spiro atoms. The molecular formula is C19H21N5O4S. The number of aromatic nitrogens is 2. The number of nitrogens with one attached hydrogen (secondary N) is 2. The zero-order valence-corrected chi connectivity index (χ0v) is 16.5. The maximum absolute atomic E-state index is 12.0. The number of pyridine rings is 1. The highest BCUT2D eigenvalue weighted by Crippen LogP contribution is 2.40. The van der Waals surface area contributed by atoms with E-state index >= 15 is 0 Å². The number of hydrogen-bond acceptors (Lipinski definition) is 6. The summed E-state index contributed by atoms with van der Waals surface area (Å²) in [4.78, 5) is 15.0. The second kappa shape index (κ2) is 6.96. The second-order valence-corrected chi connectivity index (χ2v) is 8.85. The molecule has 1 aliphatic carbocycles. The number of rotatable bonds is 6. The molecule has 10 heteroatoms. The smallest absolute Gasteiger partial charge is 0.418 e. The van der Waals surface area contributed by atoms with Crippen molar-refractivity contribution < 1.29 is 18.3 Å². The Morgan fingerprint density at radius 2 is 2.03 bits per heavy atom. The molecule has 4 rings (SSSR count). The highest BCUT2D eigenvalue weighted by Gasteiger charge is 2.24. The van der Waals surface area contributed by atoms with Gasteiger partial charge in [-0.3, -0.25) is 0 Å². The van der Waals surface area contributed by atoms with E-state index in [1.807, 2.05) is 23.6 Å². The Morgan fingerprint density at radius 1 is 1.28 bits per heavy atom. The van der Waals surface area contributed by atoms with Crippen LogP contribution in [0.1, 0.15) is 43.0 Å². The van der Waals surface area contributed by atoms with Gasteiger partial charge in [0.1, 0.15) is 10.5 Å². The Labute approximate surface area is 167 Å². The molecule has 1 aromatic carbocycles. The standard InChI is InChI=1S/C19H21N5O4S/c1-11(16-10-24-9-13(12-2-3-12)4-7-18(24)22-16)21-14-5-6-17(15(20)8-14)29(27,28)23-19(25)26/h4-12,21,23H,2-3,20H2,1H3,(H,25,26). The first-order chi connectivity index (χ1) is 13.7. The van der Waals surface area contributed by atoms with Crippen molar-refractivity contribution in [1.29, 1.82) is 0 Å². The van der Waals surface area contributed by atoms with E-state index < -0.39 is 16.1 Å². The van der Waals surface area contributed by atoms with Gasteiger partial charge in [-0.2, -0.15) is 0 Å². The van der Waals surface area contributed by atoms with Crippen LogP contribution in [0.15, 0.2) is 47.6 Å². The Bertz CT molecular complexity index is 1200. The zero-order valence-electron chi connectivity index (χ0n) is 15.7. The fraction of sp³-hybridized carbons (Fsp3) is 0.263. The molecule has 152 valence electrons. The van der Waals surface area contributed by atoms with Crippen LogP contribution in [0, 0.1) is 0 Å². The number of carbonyl (C=O) groups is 1. The number of sulfonamides is 1. The third-order valence-electron chi connectivity index (χ3n) is 4.89. The summed E-state index contributed by atoms with van der Waals surface area (Å²) in [6, 6.07) is 8.22. The third kappa shape index (κ3) is 3.97. The van der Waals surface area contributed by atoms with Crippen LogP contribution in [0.2, 0.25) is 0 Å². The molecule has 29 heavy (non-hydrogen) atoms. The van der Waals surface area contributed by atoms with Crippen molar-refractivity contribution in [2.24, 2.45) is 0 Å². The second-order valence-electron chi connectivity index (χ2n) is 7.20. The Balaban J connectivity index is 1.53. The minimum absolute atomic E-state index is 0.0555. The van der Waals surface area contributed by atoms with Crippen LogP contribution in [0.4, 0.5) is 16.2 Å². The molecule has 0 bridgehead atoms. The van der Waals surface area contributed by atoms with Gasteiger partial charge in [-0.25, -0.2) is 22.9 Å².